The van der Waals surface area contributed by atoms with Crippen molar-refractivity contribution >= 4 is 61.6 Å². The van der Waals surface area contributed by atoms with Crippen LogP contribution in [-0.4, -0.2) is 42.3 Å². The summed E-state index contributed by atoms with van der Waals surface area (Å²) >= 11 is 13.8. The molecule has 0 saturated carbocycles. The van der Waals surface area contributed by atoms with Gasteiger partial charge in [-0.1, -0.05) is 48.8 Å². The summed E-state index contributed by atoms with van der Waals surface area (Å²) in [7, 11) is -3.12. The van der Waals surface area contributed by atoms with Crippen LogP contribution in [0.15, 0.2) is 23.2 Å². The third-order valence-electron chi connectivity index (χ3n) is 4.47. The van der Waals surface area contributed by atoms with E-state index >= 15 is 0 Å². The molecule has 0 radical (unpaired) electrons. The maximum absolute atomic E-state index is 12.3. The Hall–Kier alpha value is -0.760. The Labute approximate surface area is 161 Å². The first-order valence-corrected chi connectivity index (χ1v) is 11.4. The van der Waals surface area contributed by atoms with Crippen LogP contribution in [0, 0.1) is 5.92 Å². The number of halogens is 2. The predicted molar refractivity (Wildman–Crippen MR) is 105 cm³/mol. The molecule has 1 amide bonds. The number of fused-ring (bicyclic) bond motifs is 1. The van der Waals surface area contributed by atoms with Crippen molar-refractivity contribution in [3.63, 3.8) is 0 Å². The van der Waals surface area contributed by atoms with Gasteiger partial charge in [-0.15, -0.1) is 0 Å². The van der Waals surface area contributed by atoms with Crippen LogP contribution in [-0.2, 0) is 14.6 Å². The Kier molecular flexibility index (Phi) is 5.40. The van der Waals surface area contributed by atoms with E-state index in [-0.39, 0.29) is 34.6 Å². The molecule has 2 saturated heterocycles. The molecule has 1 aromatic rings. The van der Waals surface area contributed by atoms with Gasteiger partial charge < -0.3 is 4.90 Å². The first kappa shape index (κ1) is 19.0. The van der Waals surface area contributed by atoms with E-state index in [0.29, 0.717) is 27.3 Å². The lowest BCUT2D eigenvalue weighted by Crippen LogP contribution is -2.38. The molecule has 0 unspecified atom stereocenters. The summed E-state index contributed by atoms with van der Waals surface area (Å²) in [5, 5.41) is 1.27. The number of hydrogen-bond acceptors (Lipinski definition) is 4. The molecule has 2 aliphatic rings. The first-order valence-electron chi connectivity index (χ1n) is 7.95. The topological polar surface area (TPSA) is 66.8 Å². The lowest BCUT2D eigenvalue weighted by Gasteiger charge is -2.25. The van der Waals surface area contributed by atoms with E-state index in [4.69, 9.17) is 23.2 Å². The first-order chi connectivity index (χ1) is 11.7. The van der Waals surface area contributed by atoms with E-state index in [1.54, 1.807) is 23.1 Å². The van der Waals surface area contributed by atoms with Gasteiger partial charge in [0.15, 0.2) is 15.0 Å². The van der Waals surface area contributed by atoms with Crippen LogP contribution in [0.2, 0.25) is 10.0 Å². The van der Waals surface area contributed by atoms with Crippen LogP contribution in [0.25, 0.3) is 0 Å². The number of amides is 1. The zero-order valence-corrected chi connectivity index (χ0v) is 16.9. The minimum absolute atomic E-state index is 0.0179. The summed E-state index contributed by atoms with van der Waals surface area (Å²) in [5.74, 6) is -0.303. The normalized spacial score (nSPS) is 27.5. The number of hydrogen-bond donors (Lipinski definition) is 0. The van der Waals surface area contributed by atoms with Gasteiger partial charge in [0.05, 0.1) is 28.3 Å². The fourth-order valence-electron chi connectivity index (χ4n) is 2.90. The summed E-state index contributed by atoms with van der Waals surface area (Å²) in [6, 6.07) is 4.71. The van der Waals surface area contributed by atoms with Crippen molar-refractivity contribution in [2.45, 2.75) is 31.6 Å². The smallest absolute Gasteiger partial charge is 0.250 e. The van der Waals surface area contributed by atoms with Crippen molar-refractivity contribution in [3.05, 3.63) is 28.2 Å². The molecule has 2 aliphatic heterocycles. The number of carbonyl (C=O) groups excluding carboxylic acids is 1. The summed E-state index contributed by atoms with van der Waals surface area (Å²) in [4.78, 5) is 18.3. The zero-order chi connectivity index (χ0) is 18.4. The highest BCUT2D eigenvalue weighted by Crippen LogP contribution is 2.43. The molecule has 0 spiro atoms. The summed E-state index contributed by atoms with van der Waals surface area (Å²) in [6.07, 6.45) is 0.694. The molecule has 5 nitrogen and oxygen atoms in total. The van der Waals surface area contributed by atoms with Crippen molar-refractivity contribution in [3.8, 4) is 0 Å². The van der Waals surface area contributed by atoms with Gasteiger partial charge in [0.1, 0.15) is 0 Å². The van der Waals surface area contributed by atoms with Gasteiger partial charge in [0, 0.05) is 16.2 Å². The maximum atomic E-state index is 12.3. The Bertz CT molecular complexity index is 842. The average Bonchev–Trinajstić information content (AvgIpc) is 3.00. The highest BCUT2D eigenvalue weighted by molar-refractivity contribution is 8.16. The van der Waals surface area contributed by atoms with E-state index in [2.05, 4.69) is 4.99 Å². The fourth-order valence-corrected chi connectivity index (χ4v) is 7.18. The molecule has 0 aromatic heterocycles. The molecule has 25 heavy (non-hydrogen) atoms. The number of sulfone groups is 1. The van der Waals surface area contributed by atoms with Gasteiger partial charge in [-0.3, -0.25) is 4.79 Å². The van der Waals surface area contributed by atoms with Gasteiger partial charge in [0.2, 0.25) is 0 Å². The number of nitrogens with zero attached hydrogens (tertiary/aromatic N) is 2. The fraction of sp³-hybridized carbons (Fsp3) is 0.500. The minimum atomic E-state index is -3.12. The SMILES string of the molecule is CC[C@@H](C)C(=O)N=C1S[C@H]2CS(=O)(=O)C[C@@H]2N1c1cc(Cl)ccc1Cl. The van der Waals surface area contributed by atoms with E-state index in [1.807, 2.05) is 13.8 Å². The van der Waals surface area contributed by atoms with Crippen molar-refractivity contribution in [1.82, 2.24) is 0 Å². The largest absolute Gasteiger partial charge is 0.314 e. The molecule has 9 heteroatoms. The summed E-state index contributed by atoms with van der Waals surface area (Å²) in [6.45, 7) is 3.76. The Morgan fingerprint density at radius 2 is 2.12 bits per heavy atom. The van der Waals surface area contributed by atoms with Crippen molar-refractivity contribution in [1.29, 1.82) is 0 Å². The van der Waals surface area contributed by atoms with Crippen molar-refractivity contribution < 1.29 is 13.2 Å². The lowest BCUT2D eigenvalue weighted by molar-refractivity contribution is -0.121. The number of carbonyl (C=O) groups is 1. The minimum Gasteiger partial charge on any atom is -0.314 e. The number of benzene rings is 1. The summed E-state index contributed by atoms with van der Waals surface area (Å²) < 4.78 is 24.1. The number of thioether (sulfide) groups is 1. The number of aliphatic imine (C=N–C) groups is 1. The van der Waals surface area contributed by atoms with Crippen LogP contribution in [0.4, 0.5) is 5.69 Å². The second kappa shape index (κ2) is 7.10. The van der Waals surface area contributed by atoms with Crippen LogP contribution in [0.3, 0.4) is 0 Å². The highest BCUT2D eigenvalue weighted by Gasteiger charge is 2.49. The van der Waals surface area contributed by atoms with Crippen molar-refractivity contribution in [2.24, 2.45) is 10.9 Å². The lowest BCUT2D eigenvalue weighted by atomic mass is 10.1. The molecular formula is C16H18Cl2N2O3S2. The van der Waals surface area contributed by atoms with Gasteiger partial charge in [-0.2, -0.15) is 4.99 Å². The van der Waals surface area contributed by atoms with Crippen LogP contribution in [0.5, 0.6) is 0 Å². The van der Waals surface area contributed by atoms with Gasteiger partial charge in [-0.25, -0.2) is 8.42 Å². The number of rotatable bonds is 3. The molecule has 0 aliphatic carbocycles. The second-order valence-electron chi connectivity index (χ2n) is 6.31. The van der Waals surface area contributed by atoms with Gasteiger partial charge in [0.25, 0.3) is 5.91 Å². The van der Waals surface area contributed by atoms with Crippen LogP contribution < -0.4 is 4.90 Å². The highest BCUT2D eigenvalue weighted by atomic mass is 35.5. The van der Waals surface area contributed by atoms with Gasteiger partial charge in [-0.05, 0) is 24.6 Å². The quantitative estimate of drug-likeness (QED) is 0.746. The zero-order valence-electron chi connectivity index (χ0n) is 13.8. The summed E-state index contributed by atoms with van der Waals surface area (Å²) in [5.41, 5.74) is 0.585. The molecule has 3 atom stereocenters. The predicted octanol–water partition coefficient (Wildman–Crippen LogP) is 3.64. The van der Waals surface area contributed by atoms with E-state index in [0.717, 1.165) is 0 Å². The second-order valence-corrected chi connectivity index (χ2v) is 10.5. The van der Waals surface area contributed by atoms with Crippen molar-refractivity contribution in [2.75, 3.05) is 16.4 Å². The Morgan fingerprint density at radius 3 is 2.80 bits per heavy atom. The third-order valence-corrected chi connectivity index (χ3v) is 8.24. The molecule has 0 bridgehead atoms. The van der Waals surface area contributed by atoms with E-state index < -0.39 is 9.84 Å². The van der Waals surface area contributed by atoms with E-state index in [1.165, 1.54) is 11.8 Å². The third kappa shape index (κ3) is 3.84. The molecule has 3 rings (SSSR count). The standard InChI is InChI=1S/C16H18Cl2N2O3S2/c1-3-9(2)15(21)19-16-20(12-6-10(17)4-5-11(12)18)13-7-25(22,23)8-14(13)24-16/h4-6,9,13-14H,3,7-8H2,1-2H3/t9-,13+,14+/m1/s1. The maximum Gasteiger partial charge on any atom is 0.250 e. The monoisotopic (exact) mass is 420 g/mol. The molecule has 1 aromatic carbocycles. The molecular weight excluding hydrogens is 403 g/mol. The number of amidine groups is 1. The number of anilines is 1. The molecule has 136 valence electrons. The molecule has 2 heterocycles. The van der Waals surface area contributed by atoms with Crippen LogP contribution >= 0.6 is 35.0 Å². The molecule has 2 fully saturated rings. The van der Waals surface area contributed by atoms with Crippen LogP contribution in [0.1, 0.15) is 20.3 Å². The Morgan fingerprint density at radius 1 is 1.40 bits per heavy atom. The Balaban J connectivity index is 2.05. The van der Waals surface area contributed by atoms with E-state index in [9.17, 15) is 13.2 Å². The molecule has 0 N–H and O–H groups in total. The van der Waals surface area contributed by atoms with Gasteiger partial charge >= 0.3 is 0 Å². The average molecular weight is 421 g/mol.